The van der Waals surface area contributed by atoms with Crippen molar-refractivity contribution in [3.05, 3.63) is 17.2 Å². The van der Waals surface area contributed by atoms with E-state index in [0.29, 0.717) is 22.1 Å². The number of alkyl halides is 1. The Kier molecular flexibility index (Phi) is 3.73. The molecule has 1 aliphatic heterocycles. The highest BCUT2D eigenvalue weighted by atomic mass is 79.9. The smallest absolute Gasteiger partial charge is 0.262 e. The Morgan fingerprint density at radius 1 is 1.53 bits per heavy atom. The summed E-state index contributed by atoms with van der Waals surface area (Å²) in [6, 6.07) is 3.14. The molecule has 0 saturated carbocycles. The van der Waals surface area contributed by atoms with Crippen molar-refractivity contribution in [2.24, 2.45) is 0 Å². The lowest BCUT2D eigenvalue weighted by molar-refractivity contribution is -0.119. The molecular formula is C12H12BrClN2O3. The van der Waals surface area contributed by atoms with Gasteiger partial charge in [-0.05, 0) is 19.9 Å². The summed E-state index contributed by atoms with van der Waals surface area (Å²) < 4.78 is 4.56. The van der Waals surface area contributed by atoms with Gasteiger partial charge >= 0.3 is 0 Å². The molecule has 0 atom stereocenters. The van der Waals surface area contributed by atoms with E-state index in [1.165, 1.54) is 0 Å². The molecule has 1 heterocycles. The Bertz CT molecular complexity index is 555. The molecule has 0 unspecified atom stereocenters. The normalized spacial score (nSPS) is 14.2. The largest absolute Gasteiger partial charge is 0.482 e. The second-order valence-electron chi connectivity index (χ2n) is 4.59. The molecular weight excluding hydrogens is 336 g/mol. The van der Waals surface area contributed by atoms with Gasteiger partial charge in [0.15, 0.2) is 6.61 Å². The van der Waals surface area contributed by atoms with E-state index < -0.39 is 4.32 Å². The van der Waals surface area contributed by atoms with E-state index in [4.69, 9.17) is 16.3 Å². The van der Waals surface area contributed by atoms with Crippen LogP contribution in [0.3, 0.4) is 0 Å². The number of carbonyl (C=O) groups excluding carboxylic acids is 2. The van der Waals surface area contributed by atoms with Crippen LogP contribution in [0.15, 0.2) is 12.1 Å². The zero-order valence-electron chi connectivity index (χ0n) is 10.3. The number of fused-ring (bicyclic) bond motifs is 1. The predicted octanol–water partition coefficient (Wildman–Crippen LogP) is 2.78. The first kappa shape index (κ1) is 14.1. The summed E-state index contributed by atoms with van der Waals surface area (Å²) in [6.45, 7) is 3.41. The van der Waals surface area contributed by atoms with E-state index in [9.17, 15) is 9.59 Å². The standard InChI is InChI=1S/C12H12BrClN2O3/c1-12(2,13)11(18)16-7-4-9-8(3-6(7)14)15-10(17)5-19-9/h3-4H,5H2,1-2H3,(H,15,17)(H,16,18). The van der Waals surface area contributed by atoms with Crippen LogP contribution in [0.25, 0.3) is 0 Å². The van der Waals surface area contributed by atoms with Gasteiger partial charge in [-0.2, -0.15) is 0 Å². The lowest BCUT2D eigenvalue weighted by Gasteiger charge is -2.21. The summed E-state index contributed by atoms with van der Waals surface area (Å²) in [6.07, 6.45) is 0. The van der Waals surface area contributed by atoms with E-state index in [-0.39, 0.29) is 18.4 Å². The van der Waals surface area contributed by atoms with Crippen LogP contribution >= 0.6 is 27.5 Å². The Morgan fingerprint density at radius 2 is 2.21 bits per heavy atom. The lowest BCUT2D eigenvalue weighted by Crippen LogP contribution is -2.31. The van der Waals surface area contributed by atoms with E-state index in [1.54, 1.807) is 26.0 Å². The molecule has 1 aliphatic rings. The van der Waals surface area contributed by atoms with E-state index in [0.717, 1.165) is 0 Å². The first-order chi connectivity index (χ1) is 8.77. The van der Waals surface area contributed by atoms with Crippen LogP contribution < -0.4 is 15.4 Å². The third-order valence-corrected chi connectivity index (χ3v) is 3.16. The van der Waals surface area contributed by atoms with Gasteiger partial charge in [-0.1, -0.05) is 27.5 Å². The maximum atomic E-state index is 11.9. The van der Waals surface area contributed by atoms with Crippen LogP contribution in [-0.2, 0) is 9.59 Å². The highest BCUT2D eigenvalue weighted by Gasteiger charge is 2.25. The van der Waals surface area contributed by atoms with Crippen LogP contribution in [-0.4, -0.2) is 22.7 Å². The number of hydrogen-bond acceptors (Lipinski definition) is 3. The molecule has 7 heteroatoms. The number of ether oxygens (including phenoxy) is 1. The monoisotopic (exact) mass is 346 g/mol. The van der Waals surface area contributed by atoms with Gasteiger partial charge in [0.1, 0.15) is 5.75 Å². The van der Waals surface area contributed by atoms with Gasteiger partial charge in [-0.3, -0.25) is 9.59 Å². The summed E-state index contributed by atoms with van der Waals surface area (Å²) in [4.78, 5) is 23.1. The van der Waals surface area contributed by atoms with Gasteiger partial charge in [0, 0.05) is 6.07 Å². The summed E-state index contributed by atoms with van der Waals surface area (Å²) >= 11 is 9.33. The quantitative estimate of drug-likeness (QED) is 0.808. The maximum absolute atomic E-state index is 11.9. The highest BCUT2D eigenvalue weighted by Crippen LogP contribution is 2.36. The molecule has 1 aromatic carbocycles. The van der Waals surface area contributed by atoms with E-state index >= 15 is 0 Å². The zero-order valence-corrected chi connectivity index (χ0v) is 12.7. The fourth-order valence-corrected chi connectivity index (χ4v) is 1.78. The van der Waals surface area contributed by atoms with Crippen molar-refractivity contribution in [3.8, 4) is 5.75 Å². The summed E-state index contributed by atoms with van der Waals surface area (Å²) in [5, 5.41) is 5.67. The average molecular weight is 348 g/mol. The Labute approximate surface area is 123 Å². The minimum atomic E-state index is -0.707. The minimum absolute atomic E-state index is 0.0496. The number of benzene rings is 1. The van der Waals surface area contributed by atoms with Crippen molar-refractivity contribution in [2.45, 2.75) is 18.2 Å². The maximum Gasteiger partial charge on any atom is 0.262 e. The van der Waals surface area contributed by atoms with Gasteiger partial charge in [-0.25, -0.2) is 0 Å². The van der Waals surface area contributed by atoms with E-state index in [2.05, 4.69) is 26.6 Å². The molecule has 2 amide bonds. The van der Waals surface area contributed by atoms with Crippen molar-refractivity contribution in [3.63, 3.8) is 0 Å². The number of rotatable bonds is 2. The van der Waals surface area contributed by atoms with Gasteiger partial charge in [-0.15, -0.1) is 0 Å². The molecule has 0 spiro atoms. The third kappa shape index (κ3) is 3.19. The second-order valence-corrected chi connectivity index (χ2v) is 6.98. The summed E-state index contributed by atoms with van der Waals surface area (Å²) in [5.41, 5.74) is 0.937. The van der Waals surface area contributed by atoms with Crippen molar-refractivity contribution in [1.29, 1.82) is 0 Å². The molecule has 0 saturated heterocycles. The molecule has 0 radical (unpaired) electrons. The fourth-order valence-electron chi connectivity index (χ4n) is 1.47. The second kappa shape index (κ2) is 5.02. The molecule has 0 aromatic heterocycles. The molecule has 1 aromatic rings. The molecule has 0 bridgehead atoms. The number of nitrogens with one attached hydrogen (secondary N) is 2. The fraction of sp³-hybridized carbons (Fsp3) is 0.333. The summed E-state index contributed by atoms with van der Waals surface area (Å²) in [7, 11) is 0. The van der Waals surface area contributed by atoms with Crippen LogP contribution in [0.2, 0.25) is 5.02 Å². The van der Waals surface area contributed by atoms with Gasteiger partial charge in [0.05, 0.1) is 20.7 Å². The van der Waals surface area contributed by atoms with Gasteiger partial charge in [0.25, 0.3) is 5.91 Å². The highest BCUT2D eigenvalue weighted by molar-refractivity contribution is 9.10. The lowest BCUT2D eigenvalue weighted by atomic mass is 10.2. The molecule has 2 N–H and O–H groups in total. The number of halogens is 2. The van der Waals surface area contributed by atoms with Crippen molar-refractivity contribution >= 4 is 50.7 Å². The number of amides is 2. The van der Waals surface area contributed by atoms with Crippen molar-refractivity contribution < 1.29 is 14.3 Å². The van der Waals surface area contributed by atoms with Gasteiger partial charge < -0.3 is 15.4 Å². The first-order valence-electron chi connectivity index (χ1n) is 5.54. The van der Waals surface area contributed by atoms with Crippen molar-refractivity contribution in [2.75, 3.05) is 17.2 Å². The number of anilines is 2. The Balaban J connectivity index is 2.28. The average Bonchev–Trinajstić information content (AvgIpc) is 2.29. The number of hydrogen-bond donors (Lipinski definition) is 2. The molecule has 0 fully saturated rings. The van der Waals surface area contributed by atoms with Gasteiger partial charge in [0.2, 0.25) is 5.91 Å². The van der Waals surface area contributed by atoms with Crippen LogP contribution in [0, 0.1) is 0 Å². The Morgan fingerprint density at radius 3 is 2.84 bits per heavy atom. The molecule has 102 valence electrons. The van der Waals surface area contributed by atoms with Crippen LogP contribution in [0.4, 0.5) is 11.4 Å². The minimum Gasteiger partial charge on any atom is -0.482 e. The molecule has 19 heavy (non-hydrogen) atoms. The first-order valence-corrected chi connectivity index (χ1v) is 6.71. The van der Waals surface area contributed by atoms with E-state index in [1.807, 2.05) is 0 Å². The zero-order chi connectivity index (χ0) is 14.2. The van der Waals surface area contributed by atoms with Crippen LogP contribution in [0.1, 0.15) is 13.8 Å². The SMILES string of the molecule is CC(C)(Br)C(=O)Nc1cc2c(cc1Cl)NC(=O)CO2. The summed E-state index contributed by atoms with van der Waals surface area (Å²) in [5.74, 6) is 0.0165. The number of carbonyl (C=O) groups is 2. The third-order valence-electron chi connectivity index (χ3n) is 2.49. The topological polar surface area (TPSA) is 67.4 Å². The van der Waals surface area contributed by atoms with Crippen LogP contribution in [0.5, 0.6) is 5.75 Å². The Hall–Kier alpha value is -1.27. The molecule has 5 nitrogen and oxygen atoms in total. The molecule has 0 aliphatic carbocycles. The molecule has 2 rings (SSSR count). The predicted molar refractivity (Wildman–Crippen MR) is 77.2 cm³/mol. The van der Waals surface area contributed by atoms with Crippen molar-refractivity contribution in [1.82, 2.24) is 0 Å².